The summed E-state index contributed by atoms with van der Waals surface area (Å²) in [5.74, 6) is 0.819. The lowest BCUT2D eigenvalue weighted by molar-refractivity contribution is -0.121. The van der Waals surface area contributed by atoms with E-state index >= 15 is 0 Å². The zero-order chi connectivity index (χ0) is 15.1. The van der Waals surface area contributed by atoms with Crippen LogP contribution in [0.25, 0.3) is 0 Å². The van der Waals surface area contributed by atoms with E-state index in [0.29, 0.717) is 19.6 Å². The Kier molecular flexibility index (Phi) is 5.32. The average Bonchev–Trinajstić information content (AvgIpc) is 2.48. The number of hydrogen-bond acceptors (Lipinski definition) is 3. The Hall–Kier alpha value is -2.36. The van der Waals surface area contributed by atoms with Crippen LogP contribution in [0.1, 0.15) is 23.1 Å². The first-order valence-corrected chi connectivity index (χ1v) is 7.01. The van der Waals surface area contributed by atoms with E-state index < -0.39 is 0 Å². The number of aromatic nitrogens is 1. The highest BCUT2D eigenvalue weighted by molar-refractivity contribution is 5.75. The lowest BCUT2D eigenvalue weighted by Gasteiger charge is -2.10. The van der Waals surface area contributed by atoms with Crippen molar-refractivity contribution in [2.45, 2.75) is 26.8 Å². The fourth-order valence-electron chi connectivity index (χ4n) is 2.00. The Bertz CT molecular complexity index is 597. The third-order valence-corrected chi connectivity index (χ3v) is 3.16. The van der Waals surface area contributed by atoms with Crippen molar-refractivity contribution < 1.29 is 9.53 Å². The highest BCUT2D eigenvalue weighted by Crippen LogP contribution is 2.18. The summed E-state index contributed by atoms with van der Waals surface area (Å²) in [5, 5.41) is 2.86. The predicted molar refractivity (Wildman–Crippen MR) is 82.1 cm³/mol. The third-order valence-electron chi connectivity index (χ3n) is 3.16. The molecule has 0 spiro atoms. The Morgan fingerprint density at radius 1 is 1.19 bits per heavy atom. The van der Waals surface area contributed by atoms with Gasteiger partial charge in [0, 0.05) is 18.9 Å². The van der Waals surface area contributed by atoms with E-state index in [2.05, 4.69) is 16.4 Å². The first kappa shape index (κ1) is 15.0. The molecule has 0 atom stereocenters. The molecule has 4 heteroatoms. The molecule has 2 aromatic rings. The normalized spacial score (nSPS) is 10.2. The van der Waals surface area contributed by atoms with Crippen molar-refractivity contribution in [3.05, 3.63) is 59.4 Å². The molecule has 0 aliphatic rings. The highest BCUT2D eigenvalue weighted by Gasteiger charge is 2.04. The lowest BCUT2D eigenvalue weighted by atomic mass is 10.1. The summed E-state index contributed by atoms with van der Waals surface area (Å²) in [6, 6.07) is 9.78. The Morgan fingerprint density at radius 3 is 2.67 bits per heavy atom. The van der Waals surface area contributed by atoms with Gasteiger partial charge in [0.05, 0.1) is 13.0 Å². The molecular formula is C17H20N2O2. The largest absolute Gasteiger partial charge is 0.493 e. The van der Waals surface area contributed by atoms with Gasteiger partial charge in [0.1, 0.15) is 5.75 Å². The summed E-state index contributed by atoms with van der Waals surface area (Å²) < 4.78 is 5.64. The monoisotopic (exact) mass is 284 g/mol. The molecule has 0 bridgehead atoms. The summed E-state index contributed by atoms with van der Waals surface area (Å²) in [6.07, 6.45) is 3.77. The quantitative estimate of drug-likeness (QED) is 0.887. The Balaban J connectivity index is 1.72. The maximum atomic E-state index is 11.7. The van der Waals surface area contributed by atoms with Crippen LogP contribution in [0.5, 0.6) is 5.75 Å². The number of benzene rings is 1. The molecule has 21 heavy (non-hydrogen) atoms. The number of carbonyl (C=O) groups excluding carboxylic acids is 1. The van der Waals surface area contributed by atoms with Gasteiger partial charge in [-0.3, -0.25) is 9.78 Å². The van der Waals surface area contributed by atoms with E-state index in [9.17, 15) is 4.79 Å². The van der Waals surface area contributed by atoms with Crippen LogP contribution < -0.4 is 10.1 Å². The first-order valence-electron chi connectivity index (χ1n) is 7.01. The minimum atomic E-state index is -0.0171. The van der Waals surface area contributed by atoms with E-state index in [0.717, 1.165) is 16.9 Å². The van der Waals surface area contributed by atoms with Gasteiger partial charge in [0.25, 0.3) is 0 Å². The lowest BCUT2D eigenvalue weighted by Crippen LogP contribution is -2.24. The second-order valence-corrected chi connectivity index (χ2v) is 5.00. The minimum absolute atomic E-state index is 0.0171. The van der Waals surface area contributed by atoms with Crippen LogP contribution in [-0.4, -0.2) is 17.5 Å². The van der Waals surface area contributed by atoms with Crippen molar-refractivity contribution in [3.8, 4) is 5.75 Å². The van der Waals surface area contributed by atoms with Crippen molar-refractivity contribution in [2.24, 2.45) is 0 Å². The second-order valence-electron chi connectivity index (χ2n) is 5.00. The van der Waals surface area contributed by atoms with Crippen LogP contribution >= 0.6 is 0 Å². The summed E-state index contributed by atoms with van der Waals surface area (Å²) in [6.45, 7) is 4.95. The summed E-state index contributed by atoms with van der Waals surface area (Å²) in [4.78, 5) is 15.7. The van der Waals surface area contributed by atoms with Crippen molar-refractivity contribution >= 4 is 5.91 Å². The van der Waals surface area contributed by atoms with E-state index in [1.165, 1.54) is 5.56 Å². The second kappa shape index (κ2) is 7.43. The SMILES string of the molecule is Cc1ccc(OCCC(=O)NCc2ccncc2)c(C)c1. The van der Waals surface area contributed by atoms with Gasteiger partial charge in [-0.05, 0) is 43.2 Å². The van der Waals surface area contributed by atoms with Gasteiger partial charge in [-0.15, -0.1) is 0 Å². The van der Waals surface area contributed by atoms with Gasteiger partial charge >= 0.3 is 0 Å². The summed E-state index contributed by atoms with van der Waals surface area (Å²) in [5.41, 5.74) is 3.33. The van der Waals surface area contributed by atoms with E-state index in [4.69, 9.17) is 4.74 Å². The molecule has 0 radical (unpaired) electrons. The fourth-order valence-corrected chi connectivity index (χ4v) is 2.00. The number of aryl methyl sites for hydroxylation is 2. The maximum Gasteiger partial charge on any atom is 0.223 e. The molecule has 110 valence electrons. The number of amides is 1. The Morgan fingerprint density at radius 2 is 1.95 bits per heavy atom. The summed E-state index contributed by atoms with van der Waals surface area (Å²) >= 11 is 0. The van der Waals surface area contributed by atoms with E-state index in [1.807, 2.05) is 38.1 Å². The molecule has 1 aromatic heterocycles. The van der Waals surface area contributed by atoms with Crippen molar-refractivity contribution in [3.63, 3.8) is 0 Å². The molecule has 1 aromatic carbocycles. The van der Waals surface area contributed by atoms with Crippen LogP contribution in [0, 0.1) is 13.8 Å². The highest BCUT2D eigenvalue weighted by atomic mass is 16.5. The molecule has 4 nitrogen and oxygen atoms in total. The van der Waals surface area contributed by atoms with Crippen LogP contribution in [0.4, 0.5) is 0 Å². The predicted octanol–water partition coefficient (Wildman–Crippen LogP) is 2.78. The molecule has 0 fully saturated rings. The fraction of sp³-hybridized carbons (Fsp3) is 0.294. The number of carbonyl (C=O) groups is 1. The maximum absolute atomic E-state index is 11.7. The summed E-state index contributed by atoms with van der Waals surface area (Å²) in [7, 11) is 0. The first-order chi connectivity index (χ1) is 10.1. The number of ether oxygens (including phenoxy) is 1. The molecule has 0 aliphatic carbocycles. The number of hydrogen-bond donors (Lipinski definition) is 1. The van der Waals surface area contributed by atoms with Crippen molar-refractivity contribution in [1.82, 2.24) is 10.3 Å². The molecule has 1 N–H and O–H groups in total. The van der Waals surface area contributed by atoms with Gasteiger partial charge in [-0.1, -0.05) is 17.7 Å². The van der Waals surface area contributed by atoms with Crippen LogP contribution in [0.2, 0.25) is 0 Å². The van der Waals surface area contributed by atoms with Crippen LogP contribution in [-0.2, 0) is 11.3 Å². The molecule has 0 saturated carbocycles. The number of rotatable bonds is 6. The molecule has 1 amide bonds. The third kappa shape index (κ3) is 4.91. The van der Waals surface area contributed by atoms with Gasteiger partial charge in [0.15, 0.2) is 0 Å². The van der Waals surface area contributed by atoms with Crippen molar-refractivity contribution in [1.29, 1.82) is 0 Å². The number of nitrogens with one attached hydrogen (secondary N) is 1. The van der Waals surface area contributed by atoms with Gasteiger partial charge in [0.2, 0.25) is 5.91 Å². The van der Waals surface area contributed by atoms with Gasteiger partial charge in [-0.25, -0.2) is 0 Å². The van der Waals surface area contributed by atoms with Crippen molar-refractivity contribution in [2.75, 3.05) is 6.61 Å². The van der Waals surface area contributed by atoms with Crippen LogP contribution in [0.3, 0.4) is 0 Å². The molecule has 0 aliphatic heterocycles. The van der Waals surface area contributed by atoms with Gasteiger partial charge in [-0.2, -0.15) is 0 Å². The smallest absolute Gasteiger partial charge is 0.223 e. The number of nitrogens with zero attached hydrogens (tertiary/aromatic N) is 1. The van der Waals surface area contributed by atoms with E-state index in [1.54, 1.807) is 12.4 Å². The molecule has 0 saturated heterocycles. The zero-order valence-corrected chi connectivity index (χ0v) is 12.4. The zero-order valence-electron chi connectivity index (χ0n) is 12.4. The standard InChI is InChI=1S/C17H20N2O2/c1-13-3-4-16(14(2)11-13)21-10-7-17(20)19-12-15-5-8-18-9-6-15/h3-6,8-9,11H,7,10,12H2,1-2H3,(H,19,20). The molecule has 0 unspecified atom stereocenters. The molecule has 1 heterocycles. The van der Waals surface area contributed by atoms with Gasteiger partial charge < -0.3 is 10.1 Å². The minimum Gasteiger partial charge on any atom is -0.493 e. The average molecular weight is 284 g/mol. The van der Waals surface area contributed by atoms with Crippen LogP contribution in [0.15, 0.2) is 42.7 Å². The Labute approximate surface area is 125 Å². The topological polar surface area (TPSA) is 51.2 Å². The molecular weight excluding hydrogens is 264 g/mol. The molecule has 2 rings (SSSR count). The van der Waals surface area contributed by atoms with E-state index in [-0.39, 0.29) is 5.91 Å². The number of pyridine rings is 1.